The highest BCUT2D eigenvalue weighted by atomic mass is 32.1. The van der Waals surface area contributed by atoms with Gasteiger partial charge in [0.25, 0.3) is 0 Å². The molecule has 2 N–H and O–H groups in total. The molecule has 2 fully saturated rings. The number of aliphatic imine (C=N–C) groups is 1. The van der Waals surface area contributed by atoms with Crippen LogP contribution in [0.15, 0.2) is 17.1 Å². The van der Waals surface area contributed by atoms with E-state index in [1.807, 2.05) is 11.3 Å². The number of aryl methyl sites for hydroxylation is 1. The number of guanidine groups is 1. The number of hydrogen-bond acceptors (Lipinski definition) is 5. The Kier molecular flexibility index (Phi) is 8.58. The Hall–Kier alpha value is -1.15. The maximum absolute atomic E-state index is 5.68. The Balaban J connectivity index is 1.61. The fourth-order valence-corrected chi connectivity index (χ4v) is 5.03. The molecule has 3 atom stereocenters. The van der Waals surface area contributed by atoms with E-state index in [1.54, 1.807) is 0 Å². The molecule has 3 unspecified atom stereocenters. The van der Waals surface area contributed by atoms with E-state index in [1.165, 1.54) is 9.75 Å². The smallest absolute Gasteiger partial charge is 0.191 e. The van der Waals surface area contributed by atoms with Crippen molar-refractivity contribution in [2.45, 2.75) is 45.7 Å². The van der Waals surface area contributed by atoms with Crippen LogP contribution in [0.4, 0.5) is 0 Å². The number of rotatable bonds is 8. The Morgan fingerprint density at radius 2 is 2.11 bits per heavy atom. The molecule has 1 aromatic heterocycles. The minimum atomic E-state index is 0.340. The third-order valence-electron chi connectivity index (χ3n) is 5.49. The molecule has 2 aliphatic rings. The predicted octanol–water partition coefficient (Wildman–Crippen LogP) is 2.28. The van der Waals surface area contributed by atoms with Gasteiger partial charge in [0.15, 0.2) is 5.96 Å². The van der Waals surface area contributed by atoms with E-state index >= 15 is 0 Å². The SMILES string of the molecule is CCNC(=NCC(C1CCOC1)N1CCOCC1)NC(C)Cc1ccc(C)s1. The second kappa shape index (κ2) is 11.1. The standard InChI is InChI=1S/C21H36N4O2S/c1-4-22-21(24-16(2)13-19-6-5-17(3)28-19)23-14-20(18-7-10-27-15-18)25-8-11-26-12-9-25/h5-6,16,18,20H,4,7-15H2,1-3H3,(H2,22,23,24). The van der Waals surface area contributed by atoms with Gasteiger partial charge in [0.05, 0.1) is 26.4 Å². The fraction of sp³-hybridized carbons (Fsp3) is 0.762. The van der Waals surface area contributed by atoms with E-state index in [0.29, 0.717) is 18.0 Å². The van der Waals surface area contributed by atoms with E-state index < -0.39 is 0 Å². The third-order valence-corrected chi connectivity index (χ3v) is 6.51. The van der Waals surface area contributed by atoms with Crippen molar-refractivity contribution >= 4 is 17.3 Å². The molecule has 3 heterocycles. The largest absolute Gasteiger partial charge is 0.381 e. The lowest BCUT2D eigenvalue weighted by atomic mass is 9.97. The summed E-state index contributed by atoms with van der Waals surface area (Å²) in [5, 5.41) is 7.02. The van der Waals surface area contributed by atoms with Crippen LogP contribution >= 0.6 is 11.3 Å². The molecular weight excluding hydrogens is 372 g/mol. The number of nitrogens with one attached hydrogen (secondary N) is 2. The van der Waals surface area contributed by atoms with Gasteiger partial charge in [0, 0.05) is 60.4 Å². The first-order valence-electron chi connectivity index (χ1n) is 10.7. The number of hydrogen-bond donors (Lipinski definition) is 2. The molecule has 158 valence electrons. The molecule has 0 radical (unpaired) electrons. The molecule has 1 aromatic rings. The molecule has 2 saturated heterocycles. The second-order valence-electron chi connectivity index (χ2n) is 7.82. The molecule has 6 nitrogen and oxygen atoms in total. The first-order valence-corrected chi connectivity index (χ1v) is 11.5. The summed E-state index contributed by atoms with van der Waals surface area (Å²) < 4.78 is 11.2. The van der Waals surface area contributed by atoms with Gasteiger partial charge in [0.2, 0.25) is 0 Å². The molecule has 0 amide bonds. The quantitative estimate of drug-likeness (QED) is 0.511. The normalized spacial score (nSPS) is 23.5. The van der Waals surface area contributed by atoms with Crippen molar-refractivity contribution in [2.75, 3.05) is 52.6 Å². The van der Waals surface area contributed by atoms with Crippen LogP contribution in [0.2, 0.25) is 0 Å². The van der Waals surface area contributed by atoms with Crippen LogP contribution in [0.1, 0.15) is 30.0 Å². The molecular formula is C21H36N4O2S. The Bertz CT molecular complexity index is 609. The fourth-order valence-electron chi connectivity index (χ4n) is 4.01. The molecule has 0 bridgehead atoms. The van der Waals surface area contributed by atoms with Gasteiger partial charge in [-0.1, -0.05) is 0 Å². The van der Waals surface area contributed by atoms with Crippen LogP contribution in [-0.2, 0) is 15.9 Å². The molecule has 3 rings (SSSR count). The van der Waals surface area contributed by atoms with Gasteiger partial charge < -0.3 is 20.1 Å². The van der Waals surface area contributed by atoms with E-state index in [4.69, 9.17) is 14.5 Å². The van der Waals surface area contributed by atoms with Gasteiger partial charge >= 0.3 is 0 Å². The molecule has 0 aliphatic carbocycles. The topological polar surface area (TPSA) is 58.1 Å². The Morgan fingerprint density at radius 1 is 1.29 bits per heavy atom. The van der Waals surface area contributed by atoms with Gasteiger partial charge in [-0.15, -0.1) is 11.3 Å². The summed E-state index contributed by atoms with van der Waals surface area (Å²) in [5.74, 6) is 1.48. The van der Waals surface area contributed by atoms with Crippen molar-refractivity contribution in [2.24, 2.45) is 10.9 Å². The molecule has 0 saturated carbocycles. The lowest BCUT2D eigenvalue weighted by Crippen LogP contribution is -2.50. The summed E-state index contributed by atoms with van der Waals surface area (Å²) >= 11 is 1.88. The summed E-state index contributed by atoms with van der Waals surface area (Å²) in [7, 11) is 0. The molecule has 28 heavy (non-hydrogen) atoms. The monoisotopic (exact) mass is 408 g/mol. The van der Waals surface area contributed by atoms with E-state index in [9.17, 15) is 0 Å². The van der Waals surface area contributed by atoms with Gasteiger partial charge in [-0.05, 0) is 39.3 Å². The highest BCUT2D eigenvalue weighted by Crippen LogP contribution is 2.22. The highest BCUT2D eigenvalue weighted by molar-refractivity contribution is 7.11. The van der Waals surface area contributed by atoms with Crippen molar-refractivity contribution in [3.8, 4) is 0 Å². The summed E-state index contributed by atoms with van der Waals surface area (Å²) in [5.41, 5.74) is 0. The lowest BCUT2D eigenvalue weighted by Gasteiger charge is -2.36. The van der Waals surface area contributed by atoms with E-state index in [-0.39, 0.29) is 0 Å². The van der Waals surface area contributed by atoms with Crippen molar-refractivity contribution in [3.05, 3.63) is 21.9 Å². The van der Waals surface area contributed by atoms with E-state index in [2.05, 4.69) is 48.4 Å². The summed E-state index contributed by atoms with van der Waals surface area (Å²) in [6.07, 6.45) is 2.15. The van der Waals surface area contributed by atoms with Crippen molar-refractivity contribution in [3.63, 3.8) is 0 Å². The number of morpholine rings is 1. The van der Waals surface area contributed by atoms with Gasteiger partial charge in [-0.3, -0.25) is 9.89 Å². The zero-order chi connectivity index (χ0) is 19.8. The summed E-state index contributed by atoms with van der Waals surface area (Å²) in [4.78, 5) is 10.3. The number of nitrogens with zero attached hydrogens (tertiary/aromatic N) is 2. The Morgan fingerprint density at radius 3 is 2.75 bits per heavy atom. The van der Waals surface area contributed by atoms with Gasteiger partial charge in [0.1, 0.15) is 0 Å². The number of thiophene rings is 1. The minimum absolute atomic E-state index is 0.340. The van der Waals surface area contributed by atoms with Gasteiger partial charge in [-0.25, -0.2) is 0 Å². The molecule has 7 heteroatoms. The second-order valence-corrected chi connectivity index (χ2v) is 9.19. The van der Waals surface area contributed by atoms with Crippen molar-refractivity contribution < 1.29 is 9.47 Å². The van der Waals surface area contributed by atoms with Crippen LogP contribution in [0, 0.1) is 12.8 Å². The summed E-state index contributed by atoms with van der Waals surface area (Å²) in [6, 6.07) is 5.20. The van der Waals surface area contributed by atoms with E-state index in [0.717, 1.165) is 71.4 Å². The first kappa shape index (κ1) is 21.6. The molecule has 0 spiro atoms. The first-order chi connectivity index (χ1) is 13.7. The summed E-state index contributed by atoms with van der Waals surface area (Å²) in [6.45, 7) is 13.5. The number of ether oxygens (including phenoxy) is 2. The predicted molar refractivity (Wildman–Crippen MR) is 116 cm³/mol. The minimum Gasteiger partial charge on any atom is -0.381 e. The van der Waals surface area contributed by atoms with Crippen LogP contribution in [0.25, 0.3) is 0 Å². The average molecular weight is 409 g/mol. The zero-order valence-corrected chi connectivity index (χ0v) is 18.4. The lowest BCUT2D eigenvalue weighted by molar-refractivity contribution is 0.00368. The van der Waals surface area contributed by atoms with Crippen LogP contribution < -0.4 is 10.6 Å². The van der Waals surface area contributed by atoms with Crippen molar-refractivity contribution in [1.29, 1.82) is 0 Å². The maximum Gasteiger partial charge on any atom is 0.191 e. The van der Waals surface area contributed by atoms with Crippen molar-refractivity contribution in [1.82, 2.24) is 15.5 Å². The van der Waals surface area contributed by atoms with Gasteiger partial charge in [-0.2, -0.15) is 0 Å². The zero-order valence-electron chi connectivity index (χ0n) is 17.6. The maximum atomic E-state index is 5.68. The third kappa shape index (κ3) is 6.44. The molecule has 0 aromatic carbocycles. The average Bonchev–Trinajstić information content (AvgIpc) is 3.35. The molecule has 2 aliphatic heterocycles. The van der Waals surface area contributed by atoms with Crippen LogP contribution in [0.3, 0.4) is 0 Å². The van der Waals surface area contributed by atoms with Crippen LogP contribution in [-0.4, -0.2) is 75.5 Å². The highest BCUT2D eigenvalue weighted by Gasteiger charge is 2.31. The van der Waals surface area contributed by atoms with Crippen LogP contribution in [0.5, 0.6) is 0 Å². The Labute approximate surface area is 173 Å².